The van der Waals surface area contributed by atoms with Crippen molar-refractivity contribution in [3.8, 4) is 23.0 Å². The van der Waals surface area contributed by atoms with E-state index in [1.165, 1.54) is 77.0 Å². The Morgan fingerprint density at radius 2 is 0.844 bits per heavy atom. The highest BCUT2D eigenvalue weighted by molar-refractivity contribution is 5.73. The van der Waals surface area contributed by atoms with Crippen molar-refractivity contribution in [2.75, 3.05) is 0 Å². The fourth-order valence-electron chi connectivity index (χ4n) is 9.57. The molecule has 0 fully saturated rings. The Morgan fingerprint density at radius 3 is 1.16 bits per heavy atom. The second-order valence-corrected chi connectivity index (χ2v) is 19.2. The number of fused-ring (bicyclic) bond motifs is 2. The maximum absolute atomic E-state index is 13.7. The maximum atomic E-state index is 13.7. The van der Waals surface area contributed by atoms with Gasteiger partial charge in [-0.1, -0.05) is 117 Å². The van der Waals surface area contributed by atoms with Crippen LogP contribution in [0.5, 0.6) is 23.0 Å². The molecule has 2 aliphatic heterocycles. The van der Waals surface area contributed by atoms with Gasteiger partial charge in [-0.25, -0.2) is 4.79 Å². The number of hydrogen-bond donors (Lipinski definition) is 0. The molecule has 0 amide bonds. The normalized spacial score (nSPS) is 18.5. The first kappa shape index (κ1) is 52.2. The number of unbranched alkanes of at least 4 members (excludes halogenated alkanes) is 16. The molecule has 2 aromatic rings. The Bertz CT molecular complexity index is 1860. The smallest absolute Gasteiger partial charge is 0.483 e. The molecule has 0 N–H and O–H groups in total. The van der Waals surface area contributed by atoms with E-state index in [9.17, 15) is 25.0 Å². The van der Waals surface area contributed by atoms with Gasteiger partial charge >= 0.3 is 6.16 Å². The lowest BCUT2D eigenvalue weighted by molar-refractivity contribution is -0.429. The van der Waals surface area contributed by atoms with Gasteiger partial charge in [0, 0.05) is 36.1 Å². The van der Waals surface area contributed by atoms with Crippen molar-refractivity contribution >= 4 is 6.16 Å². The Kier molecular flexibility index (Phi) is 20.2. The maximum Gasteiger partial charge on any atom is 0.519 e. The zero-order chi connectivity index (χ0) is 47.0. The number of allylic oxidation sites excluding steroid dienone is 2. The van der Waals surface area contributed by atoms with Crippen LogP contribution in [0.2, 0.25) is 0 Å². The summed E-state index contributed by atoms with van der Waals surface area (Å²) in [6.45, 7) is 19.7. The van der Waals surface area contributed by atoms with Crippen LogP contribution in [0.15, 0.2) is 23.5 Å². The average Bonchev–Trinajstić information content (AvgIpc) is 3.25. The average molecular weight is 889 g/mol. The molecule has 2 atom stereocenters. The molecule has 64 heavy (non-hydrogen) atoms. The van der Waals surface area contributed by atoms with Crippen LogP contribution in [0.3, 0.4) is 0 Å². The van der Waals surface area contributed by atoms with Gasteiger partial charge in [-0.3, -0.25) is 20.2 Å². The molecule has 0 saturated carbocycles. The Hall–Kier alpha value is -4.41. The van der Waals surface area contributed by atoms with E-state index in [0.29, 0.717) is 61.5 Å². The number of benzene rings is 2. The summed E-state index contributed by atoms with van der Waals surface area (Å²) >= 11 is 0. The zero-order valence-electron chi connectivity index (χ0n) is 41.2. The van der Waals surface area contributed by atoms with Crippen LogP contribution in [0.25, 0.3) is 0 Å². The minimum atomic E-state index is -0.857. The third kappa shape index (κ3) is 14.3. The SMILES string of the molecule is CCCCCCCCCCC/C(=C/C1(C)CCc2c(C)c(OC(=O)Oc3c(C)c(C)c4c(c3C)CCC(C)(/C=C(/CCCCCCCCCCC)[N+](=O)[O-])O4)c(C)c(C)c2O1)[N+](=O)[O-]. The van der Waals surface area contributed by atoms with Gasteiger partial charge in [-0.15, -0.1) is 0 Å². The van der Waals surface area contributed by atoms with Crippen molar-refractivity contribution in [3.63, 3.8) is 0 Å². The van der Waals surface area contributed by atoms with E-state index < -0.39 is 17.4 Å². The molecule has 0 aliphatic carbocycles. The van der Waals surface area contributed by atoms with Crippen molar-refractivity contribution in [2.45, 2.75) is 235 Å². The summed E-state index contributed by atoms with van der Waals surface area (Å²) < 4.78 is 25.3. The summed E-state index contributed by atoms with van der Waals surface area (Å²) in [5.74, 6) is 2.19. The molecule has 2 unspecified atom stereocenters. The first-order valence-electron chi connectivity index (χ1n) is 24.7. The van der Waals surface area contributed by atoms with E-state index in [4.69, 9.17) is 18.9 Å². The van der Waals surface area contributed by atoms with E-state index in [1.54, 1.807) is 12.2 Å². The quantitative estimate of drug-likeness (QED) is 0.0297. The molecule has 2 heterocycles. The molecule has 4 rings (SSSR count). The fourth-order valence-corrected chi connectivity index (χ4v) is 9.57. The molecule has 11 heteroatoms. The largest absolute Gasteiger partial charge is 0.519 e. The number of nitro groups is 2. The van der Waals surface area contributed by atoms with Crippen molar-refractivity contribution in [1.82, 2.24) is 0 Å². The number of carbonyl (C=O) groups is 1. The van der Waals surface area contributed by atoms with Gasteiger partial charge in [-0.05, 0) is 127 Å². The number of nitrogens with zero attached hydrogens (tertiary/aromatic N) is 2. The van der Waals surface area contributed by atoms with Crippen molar-refractivity contribution < 1.29 is 33.6 Å². The van der Waals surface area contributed by atoms with Crippen molar-refractivity contribution in [3.05, 3.63) is 88.3 Å². The van der Waals surface area contributed by atoms with Gasteiger partial charge in [0.15, 0.2) is 0 Å². The van der Waals surface area contributed by atoms with E-state index >= 15 is 0 Å². The Labute approximate surface area is 384 Å². The van der Waals surface area contributed by atoms with Crippen LogP contribution >= 0.6 is 0 Å². The van der Waals surface area contributed by atoms with Gasteiger partial charge in [0.2, 0.25) is 11.4 Å². The first-order chi connectivity index (χ1) is 30.5. The fraction of sp³-hybridized carbons (Fsp3) is 0.679. The van der Waals surface area contributed by atoms with E-state index in [0.717, 1.165) is 83.0 Å². The lowest BCUT2D eigenvalue weighted by atomic mass is 9.86. The lowest BCUT2D eigenvalue weighted by Gasteiger charge is -2.36. The number of hydrogen-bond acceptors (Lipinski definition) is 9. The molecule has 0 spiro atoms. The van der Waals surface area contributed by atoms with E-state index in [-0.39, 0.29) is 21.2 Å². The molecule has 0 bridgehead atoms. The van der Waals surface area contributed by atoms with Gasteiger partial charge in [-0.2, -0.15) is 0 Å². The molecule has 0 radical (unpaired) electrons. The molecule has 11 nitrogen and oxygen atoms in total. The van der Waals surface area contributed by atoms with E-state index in [1.807, 2.05) is 55.4 Å². The summed E-state index contributed by atoms with van der Waals surface area (Å²) in [6.07, 6.45) is 26.4. The lowest BCUT2D eigenvalue weighted by Crippen LogP contribution is -2.36. The third-order valence-corrected chi connectivity index (χ3v) is 13.9. The molecule has 0 saturated heterocycles. The summed E-state index contributed by atoms with van der Waals surface area (Å²) in [6, 6.07) is 0. The summed E-state index contributed by atoms with van der Waals surface area (Å²) in [7, 11) is 0. The van der Waals surface area contributed by atoms with Gasteiger partial charge in [0.1, 0.15) is 34.2 Å². The molecule has 356 valence electrons. The van der Waals surface area contributed by atoms with Crippen LogP contribution in [0, 0.1) is 61.8 Å². The monoisotopic (exact) mass is 889 g/mol. The molecular formula is C53H80N2O9. The van der Waals surface area contributed by atoms with E-state index in [2.05, 4.69) is 13.8 Å². The molecular weight excluding hydrogens is 809 g/mol. The predicted molar refractivity (Wildman–Crippen MR) is 257 cm³/mol. The Balaban J connectivity index is 1.42. The third-order valence-electron chi connectivity index (χ3n) is 13.9. The summed E-state index contributed by atoms with van der Waals surface area (Å²) in [4.78, 5) is 37.5. The Morgan fingerprint density at radius 1 is 0.531 bits per heavy atom. The highest BCUT2D eigenvalue weighted by Crippen LogP contribution is 2.47. The molecule has 2 aromatic carbocycles. The molecule has 0 aromatic heterocycles. The van der Waals surface area contributed by atoms with Gasteiger partial charge < -0.3 is 18.9 Å². The highest BCUT2D eigenvalue weighted by atomic mass is 16.7. The predicted octanol–water partition coefficient (Wildman–Crippen LogP) is 15.4. The van der Waals surface area contributed by atoms with Crippen LogP contribution < -0.4 is 18.9 Å². The molecule has 2 aliphatic rings. The minimum absolute atomic E-state index is 0.201. The van der Waals surface area contributed by atoms with Crippen LogP contribution in [0.1, 0.15) is 213 Å². The zero-order valence-corrected chi connectivity index (χ0v) is 41.2. The van der Waals surface area contributed by atoms with Crippen molar-refractivity contribution in [1.29, 1.82) is 0 Å². The minimum Gasteiger partial charge on any atom is -0.483 e. The van der Waals surface area contributed by atoms with Crippen molar-refractivity contribution in [2.24, 2.45) is 0 Å². The van der Waals surface area contributed by atoms with Crippen LogP contribution in [-0.4, -0.2) is 27.2 Å². The summed E-state index contributed by atoms with van der Waals surface area (Å²) in [5.41, 5.74) is 5.15. The standard InChI is InChI=1S/C53H80N2O9/c1-11-13-15-17-19-21-23-25-27-29-43(54(57)58)35-52(9)33-31-45-41(7)47(37(3)39(5)49(45)63-52)61-51(56)62-48-38(4)40(6)50-46(42(48)8)32-34-53(10,64-50)36-44(55(59)60)30-28-26-24-22-20-18-16-14-12-2/h35-36H,11-34H2,1-10H3/b43-35-,44-36-. The number of ether oxygens (including phenoxy) is 4. The topological polar surface area (TPSA) is 140 Å². The van der Waals surface area contributed by atoms with Crippen LogP contribution in [0.4, 0.5) is 4.79 Å². The second kappa shape index (κ2) is 24.8. The number of carbonyl (C=O) groups excluding carboxylic acids is 1. The highest BCUT2D eigenvalue weighted by Gasteiger charge is 2.38. The second-order valence-electron chi connectivity index (χ2n) is 19.2. The van der Waals surface area contributed by atoms with Crippen LogP contribution in [-0.2, 0) is 12.8 Å². The van der Waals surface area contributed by atoms with Gasteiger partial charge in [0.05, 0.1) is 9.85 Å². The number of rotatable bonds is 26. The van der Waals surface area contributed by atoms with Gasteiger partial charge in [0.25, 0.3) is 0 Å². The summed E-state index contributed by atoms with van der Waals surface area (Å²) in [5, 5.41) is 24.3. The first-order valence-corrected chi connectivity index (χ1v) is 24.7.